The highest BCUT2D eigenvalue weighted by Gasteiger charge is 2.16. The molecule has 0 saturated heterocycles. The molecular formula is C23H24FN3O3. The highest BCUT2D eigenvalue weighted by molar-refractivity contribution is 5.93. The van der Waals surface area contributed by atoms with Crippen molar-refractivity contribution < 1.29 is 18.7 Å². The average molecular weight is 409 g/mol. The van der Waals surface area contributed by atoms with Gasteiger partial charge in [-0.05, 0) is 57.0 Å². The molecule has 0 saturated carbocycles. The van der Waals surface area contributed by atoms with E-state index in [0.29, 0.717) is 17.8 Å². The summed E-state index contributed by atoms with van der Waals surface area (Å²) in [5.74, 6) is -1.24. The lowest BCUT2D eigenvalue weighted by Gasteiger charge is -2.08. The number of esters is 1. The van der Waals surface area contributed by atoms with Crippen LogP contribution in [0, 0.1) is 26.6 Å². The fourth-order valence-electron chi connectivity index (χ4n) is 3.05. The van der Waals surface area contributed by atoms with Gasteiger partial charge >= 0.3 is 5.97 Å². The molecule has 1 aromatic heterocycles. The van der Waals surface area contributed by atoms with Crippen LogP contribution in [-0.2, 0) is 20.7 Å². The zero-order chi connectivity index (χ0) is 21.7. The van der Waals surface area contributed by atoms with Crippen molar-refractivity contribution in [3.63, 3.8) is 0 Å². The van der Waals surface area contributed by atoms with Gasteiger partial charge in [0.05, 0.1) is 22.8 Å². The number of aromatic nitrogens is 2. The molecule has 3 rings (SSSR count). The summed E-state index contributed by atoms with van der Waals surface area (Å²) in [6.07, 6.45) is 0.532. The molecule has 0 aliphatic carbocycles. The van der Waals surface area contributed by atoms with Gasteiger partial charge in [0, 0.05) is 6.42 Å². The Bertz CT molecular complexity index is 1040. The van der Waals surface area contributed by atoms with E-state index >= 15 is 0 Å². The first-order valence-electron chi connectivity index (χ1n) is 9.66. The molecule has 0 fully saturated rings. The Labute approximate surface area is 174 Å². The van der Waals surface area contributed by atoms with Crippen LogP contribution in [0.15, 0.2) is 48.5 Å². The molecule has 0 radical (unpaired) electrons. The largest absolute Gasteiger partial charge is 0.456 e. The van der Waals surface area contributed by atoms with Gasteiger partial charge in [0.15, 0.2) is 6.61 Å². The van der Waals surface area contributed by atoms with Crippen molar-refractivity contribution in [2.24, 2.45) is 0 Å². The Morgan fingerprint density at radius 1 is 1.03 bits per heavy atom. The van der Waals surface area contributed by atoms with Crippen LogP contribution in [0.4, 0.5) is 10.1 Å². The smallest absolute Gasteiger partial charge is 0.306 e. The molecule has 30 heavy (non-hydrogen) atoms. The summed E-state index contributed by atoms with van der Waals surface area (Å²) in [5.41, 5.74) is 4.93. The molecule has 6 nitrogen and oxygen atoms in total. The maximum Gasteiger partial charge on any atom is 0.306 e. The zero-order valence-corrected chi connectivity index (χ0v) is 17.2. The first-order chi connectivity index (χ1) is 14.3. The highest BCUT2D eigenvalue weighted by Crippen LogP contribution is 2.23. The Kier molecular flexibility index (Phi) is 6.61. The standard InChI is InChI=1S/C23H24FN3O3/c1-15-4-11-20(12-5-15)27-17(3)23(16(2)26-27)25-21(28)14-30-22(29)13-8-18-6-9-19(24)10-7-18/h4-7,9-12H,8,13-14H2,1-3H3,(H,25,28). The van der Waals surface area contributed by atoms with Crippen molar-refractivity contribution in [2.45, 2.75) is 33.6 Å². The van der Waals surface area contributed by atoms with Crippen LogP contribution in [0.3, 0.4) is 0 Å². The van der Waals surface area contributed by atoms with Crippen LogP contribution in [0.1, 0.15) is 28.9 Å². The second kappa shape index (κ2) is 9.35. The van der Waals surface area contributed by atoms with E-state index in [4.69, 9.17) is 4.74 Å². The molecule has 0 bridgehead atoms. The topological polar surface area (TPSA) is 73.2 Å². The van der Waals surface area contributed by atoms with E-state index in [1.54, 1.807) is 16.8 Å². The number of anilines is 1. The summed E-state index contributed by atoms with van der Waals surface area (Å²) >= 11 is 0. The second-order valence-electron chi connectivity index (χ2n) is 7.13. The number of rotatable bonds is 7. The number of hydrogen-bond acceptors (Lipinski definition) is 4. The van der Waals surface area contributed by atoms with Crippen LogP contribution >= 0.6 is 0 Å². The van der Waals surface area contributed by atoms with Crippen molar-refractivity contribution >= 4 is 17.6 Å². The molecule has 0 atom stereocenters. The van der Waals surface area contributed by atoms with Gasteiger partial charge in [0.2, 0.25) is 0 Å². The normalized spacial score (nSPS) is 10.7. The number of amides is 1. The van der Waals surface area contributed by atoms with Gasteiger partial charge in [-0.15, -0.1) is 0 Å². The molecule has 2 aromatic carbocycles. The van der Waals surface area contributed by atoms with Crippen LogP contribution < -0.4 is 5.32 Å². The van der Waals surface area contributed by atoms with Gasteiger partial charge in [0.25, 0.3) is 5.91 Å². The highest BCUT2D eigenvalue weighted by atomic mass is 19.1. The number of carbonyl (C=O) groups is 2. The van der Waals surface area contributed by atoms with E-state index in [1.807, 2.05) is 45.0 Å². The third-order valence-corrected chi connectivity index (χ3v) is 4.73. The number of halogens is 1. The summed E-state index contributed by atoms with van der Waals surface area (Å²) in [4.78, 5) is 24.2. The number of benzene rings is 2. The van der Waals surface area contributed by atoms with Crippen molar-refractivity contribution in [1.29, 1.82) is 0 Å². The molecule has 156 valence electrons. The van der Waals surface area contributed by atoms with Gasteiger partial charge < -0.3 is 10.1 Å². The lowest BCUT2D eigenvalue weighted by atomic mass is 10.1. The van der Waals surface area contributed by atoms with E-state index in [2.05, 4.69) is 10.4 Å². The Morgan fingerprint density at radius 3 is 2.37 bits per heavy atom. The van der Waals surface area contributed by atoms with Crippen LogP contribution in [0.25, 0.3) is 5.69 Å². The molecule has 1 N–H and O–H groups in total. The lowest BCUT2D eigenvalue weighted by molar-refractivity contribution is -0.147. The van der Waals surface area contributed by atoms with Gasteiger partial charge in [-0.3, -0.25) is 9.59 Å². The summed E-state index contributed by atoms with van der Waals surface area (Å²) in [5, 5.41) is 7.27. The van der Waals surface area contributed by atoms with E-state index in [9.17, 15) is 14.0 Å². The zero-order valence-electron chi connectivity index (χ0n) is 17.2. The Hall–Kier alpha value is -3.48. The lowest BCUT2D eigenvalue weighted by Crippen LogP contribution is -2.21. The quantitative estimate of drug-likeness (QED) is 0.598. The maximum absolute atomic E-state index is 12.9. The van der Waals surface area contributed by atoms with E-state index < -0.39 is 11.9 Å². The van der Waals surface area contributed by atoms with Crippen LogP contribution in [-0.4, -0.2) is 28.3 Å². The second-order valence-corrected chi connectivity index (χ2v) is 7.13. The molecule has 0 spiro atoms. The molecule has 1 amide bonds. The average Bonchev–Trinajstić information content (AvgIpc) is 3.00. The van der Waals surface area contributed by atoms with Gasteiger partial charge in [-0.25, -0.2) is 9.07 Å². The van der Waals surface area contributed by atoms with E-state index in [0.717, 1.165) is 22.5 Å². The van der Waals surface area contributed by atoms with Gasteiger partial charge in [0.1, 0.15) is 5.82 Å². The summed E-state index contributed by atoms with van der Waals surface area (Å²) in [6, 6.07) is 13.8. The van der Waals surface area contributed by atoms with Gasteiger partial charge in [-0.2, -0.15) is 5.10 Å². The summed E-state index contributed by atoms with van der Waals surface area (Å²) in [7, 11) is 0. The van der Waals surface area contributed by atoms with Crippen molar-refractivity contribution in [3.8, 4) is 5.69 Å². The number of aryl methyl sites for hydroxylation is 3. The molecule has 0 aliphatic heterocycles. The summed E-state index contributed by atoms with van der Waals surface area (Å²) in [6.45, 7) is 5.31. The van der Waals surface area contributed by atoms with Crippen LogP contribution in [0.5, 0.6) is 0 Å². The maximum atomic E-state index is 12.9. The molecular weight excluding hydrogens is 385 g/mol. The minimum absolute atomic E-state index is 0.113. The first kappa shape index (κ1) is 21.2. The first-order valence-corrected chi connectivity index (χ1v) is 9.66. The third kappa shape index (κ3) is 5.31. The Balaban J connectivity index is 1.54. The number of hydrogen-bond donors (Lipinski definition) is 1. The number of nitrogens with zero attached hydrogens (tertiary/aromatic N) is 2. The van der Waals surface area contributed by atoms with E-state index in [1.165, 1.54) is 12.1 Å². The minimum atomic E-state index is -0.488. The van der Waals surface area contributed by atoms with Gasteiger partial charge in [-0.1, -0.05) is 29.8 Å². The molecule has 0 aliphatic rings. The Morgan fingerprint density at radius 2 is 1.70 bits per heavy atom. The van der Waals surface area contributed by atoms with Crippen molar-refractivity contribution in [1.82, 2.24) is 9.78 Å². The molecule has 3 aromatic rings. The number of carbonyl (C=O) groups excluding carboxylic acids is 2. The predicted molar refractivity (Wildman–Crippen MR) is 112 cm³/mol. The van der Waals surface area contributed by atoms with Crippen molar-refractivity contribution in [2.75, 3.05) is 11.9 Å². The SMILES string of the molecule is Cc1ccc(-n2nc(C)c(NC(=O)COC(=O)CCc3ccc(F)cc3)c2C)cc1. The molecule has 7 heteroatoms. The van der Waals surface area contributed by atoms with Crippen LogP contribution in [0.2, 0.25) is 0 Å². The predicted octanol–water partition coefficient (Wildman–Crippen LogP) is 4.05. The summed E-state index contributed by atoms with van der Waals surface area (Å²) < 4.78 is 19.7. The molecule has 0 unspecified atom stereocenters. The molecule has 1 heterocycles. The third-order valence-electron chi connectivity index (χ3n) is 4.73. The van der Waals surface area contributed by atoms with E-state index in [-0.39, 0.29) is 18.8 Å². The number of ether oxygens (including phenoxy) is 1. The minimum Gasteiger partial charge on any atom is -0.456 e. The fourth-order valence-corrected chi connectivity index (χ4v) is 3.05. The monoisotopic (exact) mass is 409 g/mol. The fraction of sp³-hybridized carbons (Fsp3) is 0.261. The number of nitrogens with one attached hydrogen (secondary N) is 1. The van der Waals surface area contributed by atoms with Crippen molar-refractivity contribution in [3.05, 3.63) is 76.9 Å².